The van der Waals surface area contributed by atoms with Crippen molar-refractivity contribution in [2.45, 2.75) is 12.5 Å². The minimum atomic E-state index is -1.12. The van der Waals surface area contributed by atoms with Gasteiger partial charge >= 0.3 is 0 Å². The van der Waals surface area contributed by atoms with E-state index in [1.807, 2.05) is 30.3 Å². The lowest BCUT2D eigenvalue weighted by atomic mass is 9.88. The van der Waals surface area contributed by atoms with Gasteiger partial charge in [0.05, 0.1) is 5.71 Å². The van der Waals surface area contributed by atoms with Crippen LogP contribution >= 0.6 is 0 Å². The van der Waals surface area contributed by atoms with Crippen LogP contribution in [0.1, 0.15) is 11.1 Å². The summed E-state index contributed by atoms with van der Waals surface area (Å²) in [6, 6.07) is 16.2. The molecule has 2 heteroatoms. The Morgan fingerprint density at radius 3 is 2.19 bits per heavy atom. The fourth-order valence-corrected chi connectivity index (χ4v) is 2.49. The molecule has 3 rings (SSSR count). The van der Waals surface area contributed by atoms with Gasteiger partial charge in [-0.3, -0.25) is 0 Å². The van der Waals surface area contributed by atoms with Gasteiger partial charge in [-0.15, -0.1) is 0 Å². The smallest absolute Gasteiger partial charge is 0.127 e. The number of hydrogen-bond acceptors (Lipinski definition) is 2. The van der Waals surface area contributed by atoms with Gasteiger partial charge in [0.25, 0.3) is 0 Å². The fourth-order valence-electron chi connectivity index (χ4n) is 2.49. The molecule has 1 aliphatic rings. The molecule has 0 saturated carbocycles. The zero-order chi connectivity index (χ0) is 14.9. The van der Waals surface area contributed by atoms with Crippen LogP contribution in [0.5, 0.6) is 0 Å². The summed E-state index contributed by atoms with van der Waals surface area (Å²) in [6.45, 7) is 2.08. The lowest BCUT2D eigenvalue weighted by Gasteiger charge is -2.23. The zero-order valence-corrected chi connectivity index (χ0v) is 11.9. The largest absolute Gasteiger partial charge is 0.377 e. The number of nitrogens with one attached hydrogen (secondary N) is 1. The van der Waals surface area contributed by atoms with Gasteiger partial charge in [0, 0.05) is 0 Å². The van der Waals surface area contributed by atoms with E-state index in [2.05, 4.69) is 25.1 Å². The van der Waals surface area contributed by atoms with Crippen molar-refractivity contribution in [3.63, 3.8) is 0 Å². The van der Waals surface area contributed by atoms with Crippen LogP contribution < -0.4 is 0 Å². The topological polar surface area (TPSA) is 44.1 Å². The summed E-state index contributed by atoms with van der Waals surface area (Å²) in [5, 5.41) is 18.1. The van der Waals surface area contributed by atoms with Crippen LogP contribution in [0, 0.1) is 12.3 Å². The van der Waals surface area contributed by atoms with Crippen molar-refractivity contribution in [2.75, 3.05) is 0 Å². The molecule has 2 N–H and O–H groups in total. The van der Waals surface area contributed by atoms with Crippen molar-refractivity contribution in [2.24, 2.45) is 0 Å². The van der Waals surface area contributed by atoms with Crippen molar-refractivity contribution in [3.8, 4) is 11.1 Å². The highest BCUT2D eigenvalue weighted by Crippen LogP contribution is 2.29. The van der Waals surface area contributed by atoms with Gasteiger partial charge in [0.15, 0.2) is 0 Å². The molecule has 1 aliphatic carbocycles. The van der Waals surface area contributed by atoms with Gasteiger partial charge in [-0.25, -0.2) is 0 Å². The molecule has 0 unspecified atom stereocenters. The highest BCUT2D eigenvalue weighted by atomic mass is 16.3. The number of hydrogen-bond donors (Lipinski definition) is 2. The van der Waals surface area contributed by atoms with Crippen molar-refractivity contribution < 1.29 is 5.11 Å². The molecule has 2 aromatic carbocycles. The first-order chi connectivity index (χ1) is 10.1. The Labute approximate surface area is 124 Å². The highest BCUT2D eigenvalue weighted by Gasteiger charge is 2.24. The Balaban J connectivity index is 1.93. The van der Waals surface area contributed by atoms with Crippen LogP contribution in [0.3, 0.4) is 0 Å². The minimum Gasteiger partial charge on any atom is -0.377 e. The van der Waals surface area contributed by atoms with E-state index in [9.17, 15) is 5.11 Å². The minimum absolute atomic E-state index is 0.399. The first kappa shape index (κ1) is 13.5. The molecule has 104 valence electrons. The summed E-state index contributed by atoms with van der Waals surface area (Å²) in [5.41, 5.74) is 3.62. The van der Waals surface area contributed by atoms with Gasteiger partial charge in [-0.2, -0.15) is 0 Å². The van der Waals surface area contributed by atoms with E-state index in [1.165, 1.54) is 11.1 Å². The Morgan fingerprint density at radius 1 is 0.905 bits per heavy atom. The molecule has 0 aromatic heterocycles. The number of benzene rings is 2. The maximum atomic E-state index is 10.6. The average molecular weight is 275 g/mol. The quantitative estimate of drug-likeness (QED) is 0.855. The molecule has 0 amide bonds. The third-order valence-corrected chi connectivity index (χ3v) is 3.73. The Hall–Kier alpha value is -2.45. The summed E-state index contributed by atoms with van der Waals surface area (Å²) in [7, 11) is 0. The van der Waals surface area contributed by atoms with Crippen LogP contribution in [0.25, 0.3) is 11.1 Å². The van der Waals surface area contributed by atoms with Gasteiger partial charge in [-0.1, -0.05) is 54.1 Å². The zero-order valence-electron chi connectivity index (χ0n) is 11.9. The van der Waals surface area contributed by atoms with E-state index in [-0.39, 0.29) is 0 Å². The van der Waals surface area contributed by atoms with Crippen molar-refractivity contribution in [1.82, 2.24) is 0 Å². The fraction of sp³-hybridized carbons (Fsp3) is 0.105. The summed E-state index contributed by atoms with van der Waals surface area (Å²) in [6.07, 6.45) is 6.54. The van der Waals surface area contributed by atoms with E-state index in [4.69, 9.17) is 5.41 Å². The van der Waals surface area contributed by atoms with Gasteiger partial charge in [-0.05, 0) is 47.9 Å². The maximum Gasteiger partial charge on any atom is 0.127 e. The number of aryl methyl sites for hydroxylation is 1. The first-order valence-corrected chi connectivity index (χ1v) is 6.94. The van der Waals surface area contributed by atoms with Crippen molar-refractivity contribution in [1.29, 1.82) is 5.41 Å². The lowest BCUT2D eigenvalue weighted by molar-refractivity contribution is 0.143. The normalized spacial score (nSPS) is 20.8. The van der Waals surface area contributed by atoms with Crippen LogP contribution in [0.2, 0.25) is 0 Å². The van der Waals surface area contributed by atoms with E-state index in [0.29, 0.717) is 5.71 Å². The molecule has 2 nitrogen and oxygen atoms in total. The van der Waals surface area contributed by atoms with Gasteiger partial charge in [0.1, 0.15) is 5.60 Å². The molecular formula is C19H17NO. The van der Waals surface area contributed by atoms with Gasteiger partial charge < -0.3 is 10.5 Å². The summed E-state index contributed by atoms with van der Waals surface area (Å²) in [5.74, 6) is 0. The molecule has 0 atom stereocenters. The van der Waals surface area contributed by atoms with Crippen LogP contribution in [-0.2, 0) is 5.60 Å². The highest BCUT2D eigenvalue weighted by molar-refractivity contribution is 6.02. The van der Waals surface area contributed by atoms with E-state index in [0.717, 1.165) is 11.1 Å². The van der Waals surface area contributed by atoms with Crippen LogP contribution in [0.15, 0.2) is 72.8 Å². The monoisotopic (exact) mass is 275 g/mol. The molecule has 2 aromatic rings. The Morgan fingerprint density at radius 2 is 1.57 bits per heavy atom. The Kier molecular flexibility index (Phi) is 3.32. The molecule has 0 spiro atoms. The standard InChI is InChI=1S/C19H17NO/c1-14-3-2-4-16(13-14)15-5-7-17(8-6-15)19(21)11-9-18(20)10-12-19/h2-13,20-21H,1H3. The van der Waals surface area contributed by atoms with Gasteiger partial charge in [0.2, 0.25) is 0 Å². The molecule has 0 aliphatic heterocycles. The molecule has 0 saturated heterocycles. The second-order valence-corrected chi connectivity index (χ2v) is 5.39. The van der Waals surface area contributed by atoms with Crippen molar-refractivity contribution in [3.05, 3.63) is 84.0 Å². The first-order valence-electron chi connectivity index (χ1n) is 6.94. The average Bonchev–Trinajstić information content (AvgIpc) is 2.51. The molecular weight excluding hydrogens is 258 g/mol. The summed E-state index contributed by atoms with van der Waals surface area (Å²) in [4.78, 5) is 0. The number of rotatable bonds is 2. The molecule has 0 fully saturated rings. The van der Waals surface area contributed by atoms with E-state index < -0.39 is 5.60 Å². The van der Waals surface area contributed by atoms with Crippen molar-refractivity contribution >= 4 is 5.71 Å². The molecule has 21 heavy (non-hydrogen) atoms. The summed E-state index contributed by atoms with van der Waals surface area (Å²) < 4.78 is 0. The summed E-state index contributed by atoms with van der Waals surface area (Å²) >= 11 is 0. The third kappa shape index (κ3) is 2.71. The lowest BCUT2D eigenvalue weighted by Crippen LogP contribution is -2.22. The second kappa shape index (κ2) is 5.15. The third-order valence-electron chi connectivity index (χ3n) is 3.73. The molecule has 0 radical (unpaired) electrons. The predicted octanol–water partition coefficient (Wildman–Crippen LogP) is 4.00. The number of aliphatic hydroxyl groups is 1. The Bertz CT molecular complexity index is 722. The maximum absolute atomic E-state index is 10.6. The number of allylic oxidation sites excluding steroid dienone is 2. The SMILES string of the molecule is Cc1cccc(-c2ccc(C3(O)C=CC(=N)C=C3)cc2)c1. The van der Waals surface area contributed by atoms with Crippen LogP contribution in [-0.4, -0.2) is 10.8 Å². The molecule has 0 heterocycles. The van der Waals surface area contributed by atoms with Crippen LogP contribution in [0.4, 0.5) is 0 Å². The second-order valence-electron chi connectivity index (χ2n) is 5.39. The molecule has 0 bridgehead atoms. The van der Waals surface area contributed by atoms with E-state index in [1.54, 1.807) is 24.3 Å². The predicted molar refractivity (Wildman–Crippen MR) is 86.5 cm³/mol. The van der Waals surface area contributed by atoms with E-state index >= 15 is 0 Å².